The zero-order chi connectivity index (χ0) is 15.8. The van der Waals surface area contributed by atoms with E-state index < -0.39 is 10.0 Å². The molecule has 0 unspecified atom stereocenters. The van der Waals surface area contributed by atoms with E-state index in [0.29, 0.717) is 37.2 Å². The zero-order valence-electron chi connectivity index (χ0n) is 12.0. The van der Waals surface area contributed by atoms with Crippen LogP contribution in [0.5, 0.6) is 0 Å². The summed E-state index contributed by atoms with van der Waals surface area (Å²) in [4.78, 5) is 2.19. The SMILES string of the molecule is CC(C)N1CCN(S(=O)(=O)c2c(N)cc(Cl)cc2Cl)CC1. The molecule has 5 nitrogen and oxygen atoms in total. The summed E-state index contributed by atoms with van der Waals surface area (Å²) in [7, 11) is -3.70. The van der Waals surface area contributed by atoms with Crippen LogP contribution in [0.3, 0.4) is 0 Å². The molecule has 1 saturated heterocycles. The van der Waals surface area contributed by atoms with Crippen molar-refractivity contribution in [3.05, 3.63) is 22.2 Å². The summed E-state index contributed by atoms with van der Waals surface area (Å²) in [6.45, 7) is 6.44. The minimum absolute atomic E-state index is 0.0495. The first-order valence-corrected chi connectivity index (χ1v) is 8.92. The van der Waals surface area contributed by atoms with Crippen molar-refractivity contribution in [2.45, 2.75) is 24.8 Å². The first-order valence-electron chi connectivity index (χ1n) is 6.72. The summed E-state index contributed by atoms with van der Waals surface area (Å²) in [5.74, 6) is 0. The van der Waals surface area contributed by atoms with Gasteiger partial charge in [-0.1, -0.05) is 23.2 Å². The van der Waals surface area contributed by atoms with Gasteiger partial charge in [-0.05, 0) is 26.0 Å². The highest BCUT2D eigenvalue weighted by Crippen LogP contribution is 2.33. The molecule has 0 radical (unpaired) electrons. The Morgan fingerprint density at radius 1 is 1.14 bits per heavy atom. The number of nitrogen functional groups attached to an aromatic ring is 1. The maximum absolute atomic E-state index is 12.7. The molecule has 0 spiro atoms. The van der Waals surface area contributed by atoms with Crippen LogP contribution in [0.25, 0.3) is 0 Å². The molecule has 1 aliphatic heterocycles. The monoisotopic (exact) mass is 351 g/mol. The molecule has 0 amide bonds. The molecule has 118 valence electrons. The number of rotatable bonds is 3. The van der Waals surface area contributed by atoms with Crippen molar-refractivity contribution < 1.29 is 8.42 Å². The van der Waals surface area contributed by atoms with E-state index in [9.17, 15) is 8.42 Å². The molecule has 1 aliphatic rings. The first kappa shape index (κ1) is 16.8. The Morgan fingerprint density at radius 2 is 1.71 bits per heavy atom. The van der Waals surface area contributed by atoms with Crippen molar-refractivity contribution in [3.63, 3.8) is 0 Å². The second-order valence-corrected chi connectivity index (χ2v) is 8.06. The van der Waals surface area contributed by atoms with Crippen LogP contribution in [-0.4, -0.2) is 49.8 Å². The van der Waals surface area contributed by atoms with Gasteiger partial charge in [0.15, 0.2) is 0 Å². The highest BCUT2D eigenvalue weighted by molar-refractivity contribution is 7.89. The third kappa shape index (κ3) is 3.46. The van der Waals surface area contributed by atoms with E-state index in [1.165, 1.54) is 16.4 Å². The normalized spacial score (nSPS) is 18.3. The van der Waals surface area contributed by atoms with E-state index in [1.807, 2.05) is 0 Å². The molecule has 1 aromatic rings. The lowest BCUT2D eigenvalue weighted by Gasteiger charge is -2.36. The summed E-state index contributed by atoms with van der Waals surface area (Å²) in [6.07, 6.45) is 0. The van der Waals surface area contributed by atoms with Crippen molar-refractivity contribution in [1.29, 1.82) is 0 Å². The molecule has 21 heavy (non-hydrogen) atoms. The number of anilines is 1. The van der Waals surface area contributed by atoms with E-state index in [-0.39, 0.29) is 15.6 Å². The lowest BCUT2D eigenvalue weighted by Crippen LogP contribution is -2.50. The molecule has 1 aromatic carbocycles. The fraction of sp³-hybridized carbons (Fsp3) is 0.538. The van der Waals surface area contributed by atoms with Crippen LogP contribution in [0.2, 0.25) is 10.0 Å². The lowest BCUT2D eigenvalue weighted by atomic mass is 10.3. The highest BCUT2D eigenvalue weighted by Gasteiger charge is 2.32. The quantitative estimate of drug-likeness (QED) is 0.848. The molecule has 8 heteroatoms. The molecular formula is C13H19Cl2N3O2S. The second kappa shape index (κ2) is 6.30. The number of hydrogen-bond donors (Lipinski definition) is 1. The fourth-order valence-corrected chi connectivity index (χ4v) is 4.81. The van der Waals surface area contributed by atoms with Crippen molar-refractivity contribution in [2.24, 2.45) is 0 Å². The Kier molecular flexibility index (Phi) is 5.05. The molecule has 1 fully saturated rings. The van der Waals surface area contributed by atoms with E-state index in [0.717, 1.165) is 0 Å². The van der Waals surface area contributed by atoms with Crippen LogP contribution in [-0.2, 0) is 10.0 Å². The van der Waals surface area contributed by atoms with Gasteiger partial charge in [0.25, 0.3) is 0 Å². The van der Waals surface area contributed by atoms with Crippen LogP contribution in [0.1, 0.15) is 13.8 Å². The van der Waals surface area contributed by atoms with Gasteiger partial charge in [-0.15, -0.1) is 0 Å². The van der Waals surface area contributed by atoms with Gasteiger partial charge in [-0.25, -0.2) is 8.42 Å². The van der Waals surface area contributed by atoms with Crippen LogP contribution in [0.4, 0.5) is 5.69 Å². The van der Waals surface area contributed by atoms with E-state index in [4.69, 9.17) is 28.9 Å². The van der Waals surface area contributed by atoms with E-state index in [1.54, 1.807) is 0 Å². The summed E-state index contributed by atoms with van der Waals surface area (Å²) in [6, 6.07) is 3.21. The van der Waals surface area contributed by atoms with Gasteiger partial charge in [0.2, 0.25) is 10.0 Å². The number of sulfonamides is 1. The number of piperazine rings is 1. The van der Waals surface area contributed by atoms with Crippen LogP contribution in [0, 0.1) is 0 Å². The van der Waals surface area contributed by atoms with Gasteiger partial charge >= 0.3 is 0 Å². The predicted molar refractivity (Wildman–Crippen MR) is 86.3 cm³/mol. The highest BCUT2D eigenvalue weighted by atomic mass is 35.5. The maximum Gasteiger partial charge on any atom is 0.246 e. The summed E-state index contributed by atoms with van der Waals surface area (Å²) >= 11 is 11.9. The number of nitrogens with zero attached hydrogens (tertiary/aromatic N) is 2. The Bertz CT molecular complexity index is 603. The predicted octanol–water partition coefficient (Wildman–Crippen LogP) is 2.29. The van der Waals surface area contributed by atoms with Crippen LogP contribution >= 0.6 is 23.2 Å². The molecule has 0 atom stereocenters. The molecule has 0 aliphatic carbocycles. The Hall–Kier alpha value is -0.530. The topological polar surface area (TPSA) is 66.6 Å². The van der Waals surface area contributed by atoms with Gasteiger partial charge in [0.1, 0.15) is 4.90 Å². The summed E-state index contributed by atoms with van der Waals surface area (Å²) in [5, 5.41) is 0.382. The number of hydrogen-bond acceptors (Lipinski definition) is 4. The molecule has 1 heterocycles. The number of nitrogens with two attached hydrogens (primary N) is 1. The smallest absolute Gasteiger partial charge is 0.246 e. The van der Waals surface area contributed by atoms with Gasteiger partial charge in [0.05, 0.1) is 10.7 Å². The standard InChI is InChI=1S/C13H19Cl2N3O2S/c1-9(2)17-3-5-18(6-4-17)21(19,20)13-11(15)7-10(14)8-12(13)16/h7-9H,3-6,16H2,1-2H3. The van der Waals surface area contributed by atoms with E-state index in [2.05, 4.69) is 18.7 Å². The third-order valence-corrected chi connectivity index (χ3v) is 6.28. The zero-order valence-corrected chi connectivity index (χ0v) is 14.3. The van der Waals surface area contributed by atoms with Gasteiger partial charge in [-0.3, -0.25) is 4.90 Å². The summed E-state index contributed by atoms with van der Waals surface area (Å²) < 4.78 is 26.9. The average Bonchev–Trinajstić information content (AvgIpc) is 2.37. The van der Waals surface area contributed by atoms with Crippen LogP contribution < -0.4 is 5.73 Å². The molecule has 0 bridgehead atoms. The molecule has 0 saturated carbocycles. The van der Waals surface area contributed by atoms with Crippen LogP contribution in [0.15, 0.2) is 17.0 Å². The van der Waals surface area contributed by atoms with E-state index >= 15 is 0 Å². The minimum Gasteiger partial charge on any atom is -0.398 e. The van der Waals surface area contributed by atoms with Crippen molar-refractivity contribution in [3.8, 4) is 0 Å². The van der Waals surface area contributed by atoms with Gasteiger partial charge < -0.3 is 5.73 Å². The fourth-order valence-electron chi connectivity index (χ4n) is 2.44. The van der Waals surface area contributed by atoms with Gasteiger partial charge in [-0.2, -0.15) is 4.31 Å². The molecule has 2 rings (SSSR count). The van der Waals surface area contributed by atoms with Crippen molar-refractivity contribution in [2.75, 3.05) is 31.9 Å². The first-order chi connectivity index (χ1) is 9.73. The van der Waals surface area contributed by atoms with Crippen molar-refractivity contribution in [1.82, 2.24) is 9.21 Å². The largest absolute Gasteiger partial charge is 0.398 e. The number of benzene rings is 1. The lowest BCUT2D eigenvalue weighted by molar-refractivity contribution is 0.154. The Balaban J connectivity index is 2.28. The molecule has 2 N–H and O–H groups in total. The third-order valence-electron chi connectivity index (χ3n) is 3.64. The maximum atomic E-state index is 12.7. The minimum atomic E-state index is -3.70. The van der Waals surface area contributed by atoms with Gasteiger partial charge in [0, 0.05) is 37.2 Å². The Morgan fingerprint density at radius 3 is 2.19 bits per heavy atom. The second-order valence-electron chi connectivity index (χ2n) is 5.34. The Labute approximate surface area is 135 Å². The molecular weight excluding hydrogens is 333 g/mol. The average molecular weight is 352 g/mol. The summed E-state index contributed by atoms with van der Waals surface area (Å²) in [5.41, 5.74) is 5.89. The molecule has 0 aromatic heterocycles. The number of halogens is 2. The van der Waals surface area contributed by atoms with Crippen molar-refractivity contribution >= 4 is 38.9 Å².